The molecule has 3 atom stereocenters. The van der Waals surface area contributed by atoms with Crippen LogP contribution in [0.3, 0.4) is 0 Å². The van der Waals surface area contributed by atoms with Crippen LogP contribution >= 0.6 is 0 Å². The molecule has 286 valence electrons. The van der Waals surface area contributed by atoms with Gasteiger partial charge in [-0.15, -0.1) is 0 Å². The van der Waals surface area contributed by atoms with Crippen molar-refractivity contribution in [2.45, 2.75) is 55.8 Å². The fourth-order valence-corrected chi connectivity index (χ4v) is 8.93. The molecule has 0 spiro atoms. The van der Waals surface area contributed by atoms with E-state index in [1.165, 1.54) is 10.2 Å². The van der Waals surface area contributed by atoms with Gasteiger partial charge in [0.15, 0.2) is 11.5 Å². The van der Waals surface area contributed by atoms with Gasteiger partial charge in [-0.05, 0) is 79.8 Å². The Hall–Kier alpha value is -6.07. The molecule has 0 bridgehead atoms. The summed E-state index contributed by atoms with van der Waals surface area (Å²) >= 11 is 0. The van der Waals surface area contributed by atoms with Crippen molar-refractivity contribution >= 4 is 32.8 Å². The van der Waals surface area contributed by atoms with Crippen LogP contribution in [0.1, 0.15) is 65.2 Å². The summed E-state index contributed by atoms with van der Waals surface area (Å²) in [6.07, 6.45) is 2.16. The van der Waals surface area contributed by atoms with Crippen LogP contribution in [0.4, 0.5) is 0 Å². The highest BCUT2D eigenvalue weighted by molar-refractivity contribution is 7.90. The number of benzene rings is 5. The fraction of sp³-hybridized carbons (Fsp3) is 0.244. The lowest BCUT2D eigenvalue weighted by atomic mass is 9.89. The zero-order valence-electron chi connectivity index (χ0n) is 31.2. The fourth-order valence-electron chi connectivity index (χ4n) is 7.58. The molecular weight excluding hydrogens is 729 g/mol. The zero-order chi connectivity index (χ0) is 38.8. The average Bonchev–Trinajstić information content (AvgIpc) is 3.86. The number of rotatable bonds is 11. The van der Waals surface area contributed by atoms with Crippen molar-refractivity contribution in [2.75, 3.05) is 20.2 Å². The van der Waals surface area contributed by atoms with Gasteiger partial charge in [-0.2, -0.15) is 0 Å². The molecule has 10 nitrogen and oxygen atoms in total. The number of carbonyl (C=O) groups is 2. The second kappa shape index (κ2) is 15.6. The van der Waals surface area contributed by atoms with Gasteiger partial charge >= 0.3 is 5.97 Å². The standard InChI is InChI=1S/C45H42N2O8S/c1-30-16-19-34(20-17-30)56(50,51)47-27-24-35-36(47)21-23-38-40(35)41(45(49)55-43(32-14-8-4-9-15-32)44(48)46-25-10-5-11-26-46)42(54-38)33-18-22-37(39(28-33)52-2)53-29-31-12-6-3-7-13-31/h3-4,6-9,12-24,27-28,41-43H,5,10-11,25-26,29H2,1-2H3/t41-,42+,43-/m1/s1. The minimum Gasteiger partial charge on any atom is -0.493 e. The summed E-state index contributed by atoms with van der Waals surface area (Å²) in [5.41, 5.74) is 3.92. The lowest BCUT2D eigenvalue weighted by Gasteiger charge is -2.31. The first-order chi connectivity index (χ1) is 27.2. The second-order valence-electron chi connectivity index (χ2n) is 14.2. The molecule has 0 saturated carbocycles. The number of piperidine rings is 1. The summed E-state index contributed by atoms with van der Waals surface area (Å²) < 4.78 is 54.0. The summed E-state index contributed by atoms with van der Waals surface area (Å²) in [6.45, 7) is 3.38. The van der Waals surface area contributed by atoms with E-state index >= 15 is 0 Å². The van der Waals surface area contributed by atoms with Gasteiger partial charge < -0.3 is 23.8 Å². The van der Waals surface area contributed by atoms with E-state index in [1.807, 2.05) is 61.5 Å². The number of ether oxygens (including phenoxy) is 4. The SMILES string of the molecule is COc1cc([C@@H]2Oc3ccc4c(ccn4S(=O)(=O)c4ccc(C)cc4)c3[C@H]2C(=O)O[C@@H](C(=O)N2CCCCC2)c2ccccc2)ccc1OCc1ccccc1. The van der Waals surface area contributed by atoms with Crippen LogP contribution in [0.15, 0.2) is 132 Å². The molecule has 3 heterocycles. The van der Waals surface area contributed by atoms with Crippen LogP contribution in [-0.4, -0.2) is 49.4 Å². The van der Waals surface area contributed by atoms with Crippen LogP contribution in [0.5, 0.6) is 17.2 Å². The maximum absolute atomic E-state index is 14.9. The van der Waals surface area contributed by atoms with Gasteiger partial charge in [-0.25, -0.2) is 12.4 Å². The van der Waals surface area contributed by atoms with Crippen LogP contribution < -0.4 is 14.2 Å². The van der Waals surface area contributed by atoms with Crippen molar-refractivity contribution in [3.05, 3.63) is 155 Å². The Labute approximate surface area is 326 Å². The van der Waals surface area contributed by atoms with Gasteiger partial charge in [0.1, 0.15) is 24.4 Å². The topological polar surface area (TPSA) is 113 Å². The third-order valence-electron chi connectivity index (χ3n) is 10.5. The summed E-state index contributed by atoms with van der Waals surface area (Å²) in [7, 11) is -2.46. The first kappa shape index (κ1) is 36.9. The normalized spacial score (nSPS) is 17.1. The van der Waals surface area contributed by atoms with E-state index < -0.39 is 34.1 Å². The Bertz CT molecular complexity index is 2480. The Morgan fingerprint density at radius 2 is 1.54 bits per heavy atom. The maximum Gasteiger partial charge on any atom is 0.318 e. The van der Waals surface area contributed by atoms with E-state index in [0.717, 1.165) is 30.4 Å². The van der Waals surface area contributed by atoms with Crippen LogP contribution in [-0.2, 0) is 31.0 Å². The van der Waals surface area contributed by atoms with Crippen molar-refractivity contribution in [3.8, 4) is 17.2 Å². The third kappa shape index (κ3) is 7.10. The largest absolute Gasteiger partial charge is 0.493 e. The second-order valence-corrected chi connectivity index (χ2v) is 16.0. The van der Waals surface area contributed by atoms with E-state index in [-0.39, 0.29) is 10.8 Å². The van der Waals surface area contributed by atoms with Crippen LogP contribution in [0.2, 0.25) is 0 Å². The third-order valence-corrected chi connectivity index (χ3v) is 12.2. The monoisotopic (exact) mass is 770 g/mol. The maximum atomic E-state index is 14.9. The summed E-state index contributed by atoms with van der Waals surface area (Å²) in [5.74, 6) is -0.711. The summed E-state index contributed by atoms with van der Waals surface area (Å²) in [5, 5.41) is 0.510. The number of nitrogens with zero attached hydrogens (tertiary/aromatic N) is 2. The highest BCUT2D eigenvalue weighted by Crippen LogP contribution is 2.51. The number of hydrogen-bond donors (Lipinski definition) is 0. The molecule has 0 unspecified atom stereocenters. The van der Waals surface area contributed by atoms with Gasteiger partial charge in [0.05, 0.1) is 17.5 Å². The molecular formula is C45H42N2O8S. The molecule has 11 heteroatoms. The zero-order valence-corrected chi connectivity index (χ0v) is 32.0. The number of esters is 1. The lowest BCUT2D eigenvalue weighted by Crippen LogP contribution is -2.40. The van der Waals surface area contributed by atoms with Crippen molar-refractivity contribution in [1.29, 1.82) is 0 Å². The van der Waals surface area contributed by atoms with E-state index in [1.54, 1.807) is 78.7 Å². The number of carbonyl (C=O) groups excluding carboxylic acids is 2. The quantitative estimate of drug-likeness (QED) is 0.121. The molecule has 2 aliphatic rings. The molecule has 5 aromatic carbocycles. The Morgan fingerprint density at radius 1 is 0.821 bits per heavy atom. The van der Waals surface area contributed by atoms with Crippen molar-refractivity contribution < 1.29 is 37.0 Å². The minimum atomic E-state index is -4.00. The van der Waals surface area contributed by atoms with Crippen LogP contribution in [0.25, 0.3) is 10.9 Å². The summed E-state index contributed by atoms with van der Waals surface area (Å²) in [4.78, 5) is 30.9. The number of likely N-dealkylation sites (tertiary alicyclic amines) is 1. The molecule has 2 aliphatic heterocycles. The van der Waals surface area contributed by atoms with E-state index in [4.69, 9.17) is 18.9 Å². The predicted molar refractivity (Wildman–Crippen MR) is 211 cm³/mol. The predicted octanol–water partition coefficient (Wildman–Crippen LogP) is 8.29. The van der Waals surface area contributed by atoms with Gasteiger partial charge in [0.25, 0.3) is 15.9 Å². The Kier molecular flexibility index (Phi) is 10.3. The van der Waals surface area contributed by atoms with Gasteiger partial charge in [0.2, 0.25) is 6.10 Å². The van der Waals surface area contributed by atoms with Gasteiger partial charge in [0, 0.05) is 35.8 Å². The molecule has 1 aromatic heterocycles. The number of fused-ring (bicyclic) bond motifs is 3. The molecule has 0 aliphatic carbocycles. The number of methoxy groups -OCH3 is 1. The molecule has 1 saturated heterocycles. The first-order valence-electron chi connectivity index (χ1n) is 18.7. The number of aryl methyl sites for hydroxylation is 1. The van der Waals surface area contributed by atoms with E-state index in [0.29, 0.717) is 64.5 Å². The van der Waals surface area contributed by atoms with E-state index in [9.17, 15) is 18.0 Å². The molecule has 1 amide bonds. The van der Waals surface area contributed by atoms with Gasteiger partial charge in [-0.3, -0.25) is 9.59 Å². The lowest BCUT2D eigenvalue weighted by molar-refractivity contribution is -0.163. The summed E-state index contributed by atoms with van der Waals surface area (Å²) in [6, 6.07) is 35.9. The molecule has 0 radical (unpaired) electrons. The van der Waals surface area contributed by atoms with Crippen molar-refractivity contribution in [2.24, 2.45) is 0 Å². The smallest absolute Gasteiger partial charge is 0.318 e. The first-order valence-corrected chi connectivity index (χ1v) is 20.2. The minimum absolute atomic E-state index is 0.134. The molecule has 0 N–H and O–H groups in total. The molecule has 8 rings (SSSR count). The van der Waals surface area contributed by atoms with Crippen molar-refractivity contribution in [3.63, 3.8) is 0 Å². The highest BCUT2D eigenvalue weighted by Gasteiger charge is 2.45. The van der Waals surface area contributed by atoms with Crippen LogP contribution in [0, 0.1) is 6.92 Å². The van der Waals surface area contributed by atoms with E-state index in [2.05, 4.69) is 0 Å². The molecule has 6 aromatic rings. The Balaban J connectivity index is 1.20. The van der Waals surface area contributed by atoms with Crippen molar-refractivity contribution in [1.82, 2.24) is 8.87 Å². The molecule has 1 fully saturated rings. The highest BCUT2D eigenvalue weighted by atomic mass is 32.2. The number of amides is 1. The number of aromatic nitrogens is 1. The average molecular weight is 771 g/mol. The molecule has 56 heavy (non-hydrogen) atoms. The Morgan fingerprint density at radius 3 is 2.25 bits per heavy atom. The number of hydrogen-bond acceptors (Lipinski definition) is 8. The van der Waals surface area contributed by atoms with Gasteiger partial charge in [-0.1, -0.05) is 84.4 Å².